The third kappa shape index (κ3) is 12.7. The molecule has 1 heterocycles. The Bertz CT molecular complexity index is 339. The Kier molecular flexibility index (Phi) is 20.0. The van der Waals surface area contributed by atoms with E-state index >= 15 is 0 Å². The summed E-state index contributed by atoms with van der Waals surface area (Å²) >= 11 is 0. The Morgan fingerprint density at radius 1 is 1.04 bits per heavy atom. The Hall–Kier alpha value is -1.29. The predicted molar refractivity (Wildman–Crippen MR) is 103 cm³/mol. The standard InChI is InChI=1S/C8H17N3O2.C7H16N2O.ClH.H3N/c1-2-11(8(9)12)7-10-3-5-13-6-4-10;1-4-8-7(10)9(5-2)6-3;;/h2-7H2,1H3,(H2,9,12);4-6H2,1-3H3,(H,8,10);1H;1H3. The van der Waals surface area contributed by atoms with Crippen molar-refractivity contribution in [1.82, 2.24) is 26.2 Å². The number of morpholine rings is 1. The summed E-state index contributed by atoms with van der Waals surface area (Å²) in [6, 6.07) is -0.318. The molecule has 1 rings (SSSR count). The van der Waals surface area contributed by atoms with Gasteiger partial charge in [-0.05, 0) is 27.7 Å². The molecule has 4 amide bonds. The molecule has 152 valence electrons. The molecule has 0 spiro atoms. The number of rotatable bonds is 6. The van der Waals surface area contributed by atoms with E-state index in [1.807, 2.05) is 27.7 Å². The molecule has 0 aromatic heterocycles. The molecule has 0 aromatic rings. The summed E-state index contributed by atoms with van der Waals surface area (Å²) in [6.45, 7) is 14.6. The highest BCUT2D eigenvalue weighted by molar-refractivity contribution is 5.85. The van der Waals surface area contributed by atoms with Crippen LogP contribution >= 0.6 is 12.4 Å². The number of nitrogens with one attached hydrogen (secondary N) is 1. The minimum absolute atomic E-state index is 0. The molecule has 1 aliphatic heterocycles. The summed E-state index contributed by atoms with van der Waals surface area (Å²) in [6.07, 6.45) is 0. The van der Waals surface area contributed by atoms with E-state index in [1.54, 1.807) is 9.80 Å². The fourth-order valence-electron chi connectivity index (χ4n) is 2.08. The third-order valence-corrected chi connectivity index (χ3v) is 3.55. The van der Waals surface area contributed by atoms with Crippen LogP contribution in [0.25, 0.3) is 0 Å². The van der Waals surface area contributed by atoms with Crippen LogP contribution in [0.1, 0.15) is 27.7 Å². The number of nitrogens with two attached hydrogens (primary N) is 1. The highest BCUT2D eigenvalue weighted by Gasteiger charge is 2.15. The number of amides is 4. The van der Waals surface area contributed by atoms with Gasteiger partial charge < -0.3 is 31.7 Å². The van der Waals surface area contributed by atoms with Gasteiger partial charge in [0.1, 0.15) is 0 Å². The van der Waals surface area contributed by atoms with Crippen LogP contribution in [-0.4, -0.2) is 85.9 Å². The molecule has 10 heteroatoms. The zero-order valence-corrected chi connectivity index (χ0v) is 16.9. The SMILES string of the molecule is CCN(CN1CCOCC1)C(N)=O.CCNC(=O)N(CC)CC.Cl.N. The third-order valence-electron chi connectivity index (χ3n) is 3.55. The minimum Gasteiger partial charge on any atom is -0.379 e. The molecular formula is C15H37ClN6O3. The van der Waals surface area contributed by atoms with Crippen LogP contribution in [0.4, 0.5) is 9.59 Å². The van der Waals surface area contributed by atoms with Crippen molar-refractivity contribution in [1.29, 1.82) is 0 Å². The van der Waals surface area contributed by atoms with E-state index in [4.69, 9.17) is 10.5 Å². The Labute approximate surface area is 158 Å². The first-order valence-corrected chi connectivity index (χ1v) is 8.37. The van der Waals surface area contributed by atoms with Crippen LogP contribution < -0.4 is 17.2 Å². The van der Waals surface area contributed by atoms with Crippen molar-refractivity contribution in [3.05, 3.63) is 0 Å². The predicted octanol–water partition coefficient (Wildman–Crippen LogP) is 1.32. The summed E-state index contributed by atoms with van der Waals surface area (Å²) < 4.78 is 5.20. The molecule has 6 N–H and O–H groups in total. The van der Waals surface area contributed by atoms with Crippen LogP contribution in [0.15, 0.2) is 0 Å². The van der Waals surface area contributed by atoms with E-state index < -0.39 is 0 Å². The molecule has 0 aromatic carbocycles. The van der Waals surface area contributed by atoms with Gasteiger partial charge in [0.25, 0.3) is 0 Å². The largest absolute Gasteiger partial charge is 0.379 e. The maximum Gasteiger partial charge on any atom is 0.317 e. The van der Waals surface area contributed by atoms with Crippen LogP contribution in [0, 0.1) is 0 Å². The molecule has 0 aliphatic carbocycles. The van der Waals surface area contributed by atoms with Gasteiger partial charge in [-0.25, -0.2) is 9.59 Å². The number of nitrogens with zero attached hydrogens (tertiary/aromatic N) is 3. The van der Waals surface area contributed by atoms with Gasteiger partial charge in [0.15, 0.2) is 0 Å². The maximum atomic E-state index is 11.0. The number of hydrogen-bond acceptors (Lipinski definition) is 5. The fraction of sp³-hybridized carbons (Fsp3) is 0.867. The van der Waals surface area contributed by atoms with Crippen LogP contribution in [0.3, 0.4) is 0 Å². The normalized spacial score (nSPS) is 13.3. The molecule has 1 aliphatic rings. The highest BCUT2D eigenvalue weighted by Crippen LogP contribution is 1.99. The fourth-order valence-corrected chi connectivity index (χ4v) is 2.08. The van der Waals surface area contributed by atoms with E-state index in [1.165, 1.54) is 0 Å². The van der Waals surface area contributed by atoms with Gasteiger partial charge in [-0.2, -0.15) is 0 Å². The first-order chi connectivity index (χ1) is 11.0. The first kappa shape index (κ1) is 28.5. The second kappa shape index (κ2) is 17.5. The van der Waals surface area contributed by atoms with E-state index in [-0.39, 0.29) is 30.6 Å². The Morgan fingerprint density at radius 2 is 1.52 bits per heavy atom. The number of halogens is 1. The van der Waals surface area contributed by atoms with Crippen LogP contribution in [0.5, 0.6) is 0 Å². The molecule has 0 radical (unpaired) electrons. The van der Waals surface area contributed by atoms with E-state index in [2.05, 4.69) is 10.2 Å². The number of hydrogen-bond donors (Lipinski definition) is 3. The summed E-state index contributed by atoms with van der Waals surface area (Å²) in [7, 11) is 0. The van der Waals surface area contributed by atoms with Gasteiger partial charge in [-0.15, -0.1) is 12.4 Å². The molecule has 0 atom stereocenters. The topological polar surface area (TPSA) is 126 Å². The van der Waals surface area contributed by atoms with E-state index in [9.17, 15) is 9.59 Å². The molecule has 1 fully saturated rings. The lowest BCUT2D eigenvalue weighted by Gasteiger charge is -2.31. The average molecular weight is 385 g/mol. The lowest BCUT2D eigenvalue weighted by atomic mass is 10.4. The van der Waals surface area contributed by atoms with E-state index in [0.717, 1.165) is 39.4 Å². The molecular weight excluding hydrogens is 348 g/mol. The zero-order chi connectivity index (χ0) is 17.7. The minimum atomic E-state index is -0.353. The number of urea groups is 2. The smallest absolute Gasteiger partial charge is 0.317 e. The second-order valence-corrected chi connectivity index (χ2v) is 5.07. The number of ether oxygens (including phenoxy) is 1. The molecule has 1 saturated heterocycles. The maximum absolute atomic E-state index is 11.0. The number of carbonyl (C=O) groups excluding carboxylic acids is 2. The van der Waals surface area contributed by atoms with Crippen molar-refractivity contribution in [2.45, 2.75) is 27.7 Å². The molecule has 0 bridgehead atoms. The van der Waals surface area contributed by atoms with Crippen molar-refractivity contribution in [2.75, 3.05) is 59.2 Å². The van der Waals surface area contributed by atoms with Crippen molar-refractivity contribution in [3.63, 3.8) is 0 Å². The summed E-state index contributed by atoms with van der Waals surface area (Å²) in [5.74, 6) is 0. The second-order valence-electron chi connectivity index (χ2n) is 5.07. The van der Waals surface area contributed by atoms with Crippen molar-refractivity contribution in [2.24, 2.45) is 5.73 Å². The molecule has 25 heavy (non-hydrogen) atoms. The van der Waals surface area contributed by atoms with Crippen LogP contribution in [0.2, 0.25) is 0 Å². The average Bonchev–Trinajstić information content (AvgIpc) is 2.55. The summed E-state index contributed by atoms with van der Waals surface area (Å²) in [5, 5.41) is 2.73. The zero-order valence-electron chi connectivity index (χ0n) is 16.1. The van der Waals surface area contributed by atoms with Crippen molar-refractivity contribution >= 4 is 24.5 Å². The summed E-state index contributed by atoms with van der Waals surface area (Å²) in [5.41, 5.74) is 5.19. The van der Waals surface area contributed by atoms with Crippen LogP contribution in [-0.2, 0) is 4.74 Å². The first-order valence-electron chi connectivity index (χ1n) is 8.37. The highest BCUT2D eigenvalue weighted by atomic mass is 35.5. The van der Waals surface area contributed by atoms with Crippen molar-refractivity contribution in [3.8, 4) is 0 Å². The monoisotopic (exact) mass is 384 g/mol. The van der Waals surface area contributed by atoms with Gasteiger partial charge in [0, 0.05) is 39.3 Å². The molecule has 0 saturated carbocycles. The van der Waals surface area contributed by atoms with Gasteiger partial charge in [-0.3, -0.25) is 4.90 Å². The molecule has 0 unspecified atom stereocenters. The Balaban J connectivity index is -0.000000370. The molecule has 9 nitrogen and oxygen atoms in total. The lowest BCUT2D eigenvalue weighted by molar-refractivity contribution is 0.0183. The number of primary amides is 1. The van der Waals surface area contributed by atoms with Gasteiger partial charge >= 0.3 is 12.1 Å². The van der Waals surface area contributed by atoms with E-state index in [0.29, 0.717) is 19.8 Å². The Morgan fingerprint density at radius 3 is 1.88 bits per heavy atom. The van der Waals surface area contributed by atoms with Crippen molar-refractivity contribution < 1.29 is 14.3 Å². The van der Waals surface area contributed by atoms with Gasteiger partial charge in [0.2, 0.25) is 0 Å². The lowest BCUT2D eigenvalue weighted by Crippen LogP contribution is -2.47. The van der Waals surface area contributed by atoms with Gasteiger partial charge in [0.05, 0.1) is 19.9 Å². The quantitative estimate of drug-likeness (QED) is 0.636. The van der Waals surface area contributed by atoms with Gasteiger partial charge in [-0.1, -0.05) is 0 Å². The summed E-state index contributed by atoms with van der Waals surface area (Å²) in [4.78, 5) is 27.4. The number of carbonyl (C=O) groups is 2.